The molecule has 19 heavy (non-hydrogen) atoms. The predicted molar refractivity (Wildman–Crippen MR) is 76.7 cm³/mol. The molecule has 1 saturated carbocycles. The molecule has 0 unspecified atom stereocenters. The van der Waals surface area contributed by atoms with Crippen LogP contribution in [0.1, 0.15) is 43.9 Å². The number of hydrogen-bond acceptors (Lipinski definition) is 3. The minimum absolute atomic E-state index is 0.448. The van der Waals surface area contributed by atoms with Gasteiger partial charge in [-0.2, -0.15) is 0 Å². The third kappa shape index (κ3) is 2.47. The van der Waals surface area contributed by atoms with Gasteiger partial charge in [0.05, 0.1) is 13.7 Å². The molecular weight excluding hydrogens is 238 g/mol. The minimum Gasteiger partial charge on any atom is -0.497 e. The smallest absolute Gasteiger partial charge is 0.134 e. The van der Waals surface area contributed by atoms with Gasteiger partial charge in [-0.25, -0.2) is 0 Å². The zero-order valence-electron chi connectivity index (χ0n) is 11.8. The quantitative estimate of drug-likeness (QED) is 0.886. The van der Waals surface area contributed by atoms with E-state index in [2.05, 4.69) is 25.2 Å². The lowest BCUT2D eigenvalue weighted by molar-refractivity contribution is 0.415. The van der Waals surface area contributed by atoms with Crippen LogP contribution in [0.2, 0.25) is 0 Å². The molecule has 0 amide bonds. The number of benzene rings is 1. The van der Waals surface area contributed by atoms with Crippen LogP contribution in [0.5, 0.6) is 5.75 Å². The average molecular weight is 259 g/mol. The highest BCUT2D eigenvalue weighted by atomic mass is 16.5. The molecule has 1 fully saturated rings. The van der Waals surface area contributed by atoms with Gasteiger partial charge in [-0.05, 0) is 37.0 Å². The molecule has 1 aromatic carbocycles. The standard InChI is InChI=1S/C16H21NO2/c1-10(2)16-13-8-12(18-3)6-7-14(13)19-15(16)9-17-11-4-5-11/h6-8,10-11,17H,4-5,9H2,1-3H3. The van der Waals surface area contributed by atoms with Crippen LogP contribution in [0.4, 0.5) is 0 Å². The van der Waals surface area contributed by atoms with Crippen LogP contribution < -0.4 is 10.1 Å². The fraction of sp³-hybridized carbons (Fsp3) is 0.500. The van der Waals surface area contributed by atoms with Crippen molar-refractivity contribution >= 4 is 11.0 Å². The highest BCUT2D eigenvalue weighted by Gasteiger charge is 2.23. The number of nitrogens with one attached hydrogen (secondary N) is 1. The Morgan fingerprint density at radius 1 is 1.37 bits per heavy atom. The van der Waals surface area contributed by atoms with Crippen molar-refractivity contribution in [1.82, 2.24) is 5.32 Å². The number of methoxy groups -OCH3 is 1. The molecule has 3 rings (SSSR count). The molecule has 0 bridgehead atoms. The van der Waals surface area contributed by atoms with Crippen molar-refractivity contribution in [2.45, 2.75) is 45.2 Å². The number of rotatable bonds is 5. The first-order valence-electron chi connectivity index (χ1n) is 7.01. The van der Waals surface area contributed by atoms with Gasteiger partial charge in [-0.15, -0.1) is 0 Å². The predicted octanol–water partition coefficient (Wildman–Crippen LogP) is 3.82. The molecule has 0 atom stereocenters. The van der Waals surface area contributed by atoms with Gasteiger partial charge in [-0.1, -0.05) is 13.8 Å². The molecule has 1 heterocycles. The monoisotopic (exact) mass is 259 g/mol. The third-order valence-electron chi connectivity index (χ3n) is 3.72. The lowest BCUT2D eigenvalue weighted by Gasteiger charge is -2.07. The molecule has 2 aromatic rings. The van der Waals surface area contributed by atoms with Crippen LogP contribution in [-0.2, 0) is 6.54 Å². The summed E-state index contributed by atoms with van der Waals surface area (Å²) in [6, 6.07) is 6.73. The second-order valence-corrected chi connectivity index (χ2v) is 5.61. The van der Waals surface area contributed by atoms with Crippen molar-refractivity contribution in [2.24, 2.45) is 0 Å². The van der Waals surface area contributed by atoms with E-state index in [0.29, 0.717) is 12.0 Å². The van der Waals surface area contributed by atoms with Gasteiger partial charge in [0.25, 0.3) is 0 Å². The number of furan rings is 1. The van der Waals surface area contributed by atoms with Crippen LogP contribution in [0.15, 0.2) is 22.6 Å². The van der Waals surface area contributed by atoms with Crippen molar-refractivity contribution in [3.8, 4) is 5.75 Å². The van der Waals surface area contributed by atoms with Gasteiger partial charge in [0, 0.05) is 17.0 Å². The van der Waals surface area contributed by atoms with E-state index >= 15 is 0 Å². The summed E-state index contributed by atoms with van der Waals surface area (Å²) >= 11 is 0. The van der Waals surface area contributed by atoms with Crippen LogP contribution in [0.3, 0.4) is 0 Å². The van der Waals surface area contributed by atoms with Crippen LogP contribution >= 0.6 is 0 Å². The number of ether oxygens (including phenoxy) is 1. The summed E-state index contributed by atoms with van der Waals surface area (Å²) in [5.41, 5.74) is 2.26. The van der Waals surface area contributed by atoms with E-state index in [-0.39, 0.29) is 0 Å². The molecule has 102 valence electrons. The summed E-state index contributed by atoms with van der Waals surface area (Å²) in [5.74, 6) is 2.41. The van der Waals surface area contributed by atoms with E-state index in [1.807, 2.05) is 12.1 Å². The van der Waals surface area contributed by atoms with E-state index < -0.39 is 0 Å². The van der Waals surface area contributed by atoms with Crippen LogP contribution in [0.25, 0.3) is 11.0 Å². The molecule has 3 heteroatoms. The maximum absolute atomic E-state index is 6.02. The van der Waals surface area contributed by atoms with Crippen LogP contribution in [0, 0.1) is 0 Å². The van der Waals surface area contributed by atoms with Crippen molar-refractivity contribution in [2.75, 3.05) is 7.11 Å². The Labute approximate surface area is 113 Å². The summed E-state index contributed by atoms with van der Waals surface area (Å²) in [6.07, 6.45) is 2.59. The molecule has 1 aliphatic rings. The molecule has 0 aliphatic heterocycles. The zero-order valence-corrected chi connectivity index (χ0v) is 11.8. The summed E-state index contributed by atoms with van der Waals surface area (Å²) < 4.78 is 11.3. The molecule has 3 nitrogen and oxygen atoms in total. The lowest BCUT2D eigenvalue weighted by atomic mass is 9.99. The Hall–Kier alpha value is -1.48. The molecular formula is C16H21NO2. The SMILES string of the molecule is COc1ccc2oc(CNC3CC3)c(C(C)C)c2c1. The summed E-state index contributed by atoms with van der Waals surface area (Å²) in [6.45, 7) is 5.25. The molecule has 0 saturated heterocycles. The first-order valence-corrected chi connectivity index (χ1v) is 7.01. The Kier molecular flexibility index (Phi) is 3.23. The summed E-state index contributed by atoms with van der Waals surface area (Å²) in [5, 5.41) is 4.72. The van der Waals surface area contributed by atoms with Crippen molar-refractivity contribution in [1.29, 1.82) is 0 Å². The fourth-order valence-electron chi connectivity index (χ4n) is 2.56. The van der Waals surface area contributed by atoms with E-state index in [9.17, 15) is 0 Å². The van der Waals surface area contributed by atoms with Gasteiger partial charge >= 0.3 is 0 Å². The van der Waals surface area contributed by atoms with Crippen molar-refractivity contribution in [3.05, 3.63) is 29.5 Å². The maximum atomic E-state index is 6.02. The van der Waals surface area contributed by atoms with Crippen molar-refractivity contribution < 1.29 is 9.15 Å². The highest BCUT2D eigenvalue weighted by Crippen LogP contribution is 2.34. The average Bonchev–Trinajstić information content (AvgIpc) is 3.15. The van der Waals surface area contributed by atoms with E-state index in [1.54, 1.807) is 7.11 Å². The molecule has 0 radical (unpaired) electrons. The van der Waals surface area contributed by atoms with Gasteiger partial charge in [0.2, 0.25) is 0 Å². The van der Waals surface area contributed by atoms with Gasteiger partial charge in [0.15, 0.2) is 0 Å². The largest absolute Gasteiger partial charge is 0.497 e. The van der Waals surface area contributed by atoms with Gasteiger partial charge < -0.3 is 14.5 Å². The topological polar surface area (TPSA) is 34.4 Å². The molecule has 1 aliphatic carbocycles. The van der Waals surface area contributed by atoms with Crippen molar-refractivity contribution in [3.63, 3.8) is 0 Å². The Morgan fingerprint density at radius 2 is 2.16 bits per heavy atom. The highest BCUT2D eigenvalue weighted by molar-refractivity contribution is 5.84. The molecule has 1 aromatic heterocycles. The fourth-order valence-corrected chi connectivity index (χ4v) is 2.56. The summed E-state index contributed by atoms with van der Waals surface area (Å²) in [7, 11) is 1.70. The minimum atomic E-state index is 0.448. The number of hydrogen-bond donors (Lipinski definition) is 1. The Balaban J connectivity index is 2.01. The normalized spacial score (nSPS) is 15.4. The first kappa shape index (κ1) is 12.5. The zero-order chi connectivity index (χ0) is 13.4. The maximum Gasteiger partial charge on any atom is 0.134 e. The van der Waals surface area contributed by atoms with E-state index in [4.69, 9.17) is 9.15 Å². The molecule has 0 spiro atoms. The van der Waals surface area contributed by atoms with Gasteiger partial charge in [0.1, 0.15) is 17.1 Å². The number of fused-ring (bicyclic) bond motifs is 1. The van der Waals surface area contributed by atoms with Gasteiger partial charge in [-0.3, -0.25) is 0 Å². The summed E-state index contributed by atoms with van der Waals surface area (Å²) in [4.78, 5) is 0. The first-order chi connectivity index (χ1) is 9.19. The molecule has 1 N–H and O–H groups in total. The Bertz CT molecular complexity index is 582. The van der Waals surface area contributed by atoms with E-state index in [1.165, 1.54) is 23.8 Å². The third-order valence-corrected chi connectivity index (χ3v) is 3.72. The van der Waals surface area contributed by atoms with E-state index in [0.717, 1.165) is 23.6 Å². The Morgan fingerprint density at radius 3 is 2.79 bits per heavy atom. The lowest BCUT2D eigenvalue weighted by Crippen LogP contribution is -2.15. The second-order valence-electron chi connectivity index (χ2n) is 5.61. The second kappa shape index (κ2) is 4.89. The van der Waals surface area contributed by atoms with Crippen LogP contribution in [-0.4, -0.2) is 13.2 Å².